The number of rotatable bonds is 7. The lowest BCUT2D eigenvalue weighted by Gasteiger charge is -2.35. The lowest BCUT2D eigenvalue weighted by Crippen LogP contribution is -2.44. The first-order chi connectivity index (χ1) is 7.43. The first kappa shape index (κ1) is 15.4. The van der Waals surface area contributed by atoms with Crippen LogP contribution in [0.5, 0.6) is 0 Å². The number of likely N-dealkylation sites (N-methyl/N-ethyl adjacent to an activating group) is 1. The van der Waals surface area contributed by atoms with Gasteiger partial charge in [-0.25, -0.2) is 0 Å². The fourth-order valence-corrected chi connectivity index (χ4v) is 2.41. The molecule has 0 saturated heterocycles. The Morgan fingerprint density at radius 2 is 1.81 bits per heavy atom. The van der Waals surface area contributed by atoms with E-state index in [0.717, 1.165) is 19.3 Å². The highest BCUT2D eigenvalue weighted by Crippen LogP contribution is 2.35. The molecule has 0 aliphatic rings. The van der Waals surface area contributed by atoms with Crippen molar-refractivity contribution in [1.29, 1.82) is 0 Å². The molecule has 0 saturated carbocycles. The van der Waals surface area contributed by atoms with E-state index >= 15 is 0 Å². The zero-order valence-corrected chi connectivity index (χ0v) is 11.5. The molecular weight excluding hydrogens is 200 g/mol. The van der Waals surface area contributed by atoms with Crippen LogP contribution in [0.15, 0.2) is 0 Å². The summed E-state index contributed by atoms with van der Waals surface area (Å²) in [5.74, 6) is 0.812. The predicted octanol–water partition coefficient (Wildman–Crippen LogP) is 2.26. The quantitative estimate of drug-likeness (QED) is 0.726. The summed E-state index contributed by atoms with van der Waals surface area (Å²) in [5, 5.41) is 0. The molecular formula is C13H28N2O. The summed E-state index contributed by atoms with van der Waals surface area (Å²) >= 11 is 0. The van der Waals surface area contributed by atoms with Crippen molar-refractivity contribution in [3.8, 4) is 0 Å². The van der Waals surface area contributed by atoms with Gasteiger partial charge in [0.2, 0.25) is 5.91 Å². The molecule has 0 aromatic carbocycles. The van der Waals surface area contributed by atoms with Crippen LogP contribution in [0.25, 0.3) is 0 Å². The van der Waals surface area contributed by atoms with Gasteiger partial charge in [0, 0.05) is 25.6 Å². The van der Waals surface area contributed by atoms with Gasteiger partial charge in [0.25, 0.3) is 0 Å². The van der Waals surface area contributed by atoms with E-state index in [1.54, 1.807) is 4.90 Å². The van der Waals surface area contributed by atoms with Crippen LogP contribution in [0, 0.1) is 11.3 Å². The minimum absolute atomic E-state index is 0.182. The van der Waals surface area contributed by atoms with E-state index in [-0.39, 0.29) is 11.3 Å². The van der Waals surface area contributed by atoms with Crippen molar-refractivity contribution in [1.82, 2.24) is 4.90 Å². The van der Waals surface area contributed by atoms with Crippen LogP contribution in [0.2, 0.25) is 0 Å². The molecule has 0 unspecified atom stereocenters. The monoisotopic (exact) mass is 228 g/mol. The number of carbonyl (C=O) groups excluding carboxylic acids is 1. The number of carbonyl (C=O) groups is 1. The second-order valence-electron chi connectivity index (χ2n) is 5.10. The van der Waals surface area contributed by atoms with E-state index in [1.165, 1.54) is 0 Å². The molecule has 0 aromatic rings. The zero-order valence-electron chi connectivity index (χ0n) is 11.5. The van der Waals surface area contributed by atoms with Crippen LogP contribution in [0.4, 0.5) is 0 Å². The second-order valence-corrected chi connectivity index (χ2v) is 5.10. The summed E-state index contributed by atoms with van der Waals surface area (Å²) in [6.45, 7) is 9.76. The molecule has 0 radical (unpaired) electrons. The van der Waals surface area contributed by atoms with Crippen LogP contribution < -0.4 is 5.73 Å². The summed E-state index contributed by atoms with van der Waals surface area (Å²) in [6.07, 6.45) is 2.79. The highest BCUT2D eigenvalue weighted by atomic mass is 16.2. The number of hydrogen-bond acceptors (Lipinski definition) is 2. The third kappa shape index (κ3) is 3.78. The number of nitrogens with zero attached hydrogens (tertiary/aromatic N) is 1. The predicted molar refractivity (Wildman–Crippen MR) is 69.2 cm³/mol. The minimum Gasteiger partial charge on any atom is -0.344 e. The smallest absolute Gasteiger partial charge is 0.228 e. The Kier molecular flexibility index (Phi) is 6.65. The first-order valence-corrected chi connectivity index (χ1v) is 6.39. The average molecular weight is 228 g/mol. The molecule has 0 atom stereocenters. The molecule has 0 aliphatic carbocycles. The van der Waals surface area contributed by atoms with Gasteiger partial charge in [0.05, 0.1) is 0 Å². The highest BCUT2D eigenvalue weighted by Gasteiger charge is 2.37. The lowest BCUT2D eigenvalue weighted by molar-refractivity contribution is -0.142. The zero-order chi connectivity index (χ0) is 12.8. The van der Waals surface area contributed by atoms with E-state index in [1.807, 2.05) is 7.05 Å². The summed E-state index contributed by atoms with van der Waals surface area (Å²) in [4.78, 5) is 14.2. The first-order valence-electron chi connectivity index (χ1n) is 6.39. The Balaban J connectivity index is 4.80. The van der Waals surface area contributed by atoms with Crippen LogP contribution in [-0.4, -0.2) is 30.9 Å². The highest BCUT2D eigenvalue weighted by molar-refractivity contribution is 5.82. The van der Waals surface area contributed by atoms with Crippen LogP contribution in [0.3, 0.4) is 0 Å². The van der Waals surface area contributed by atoms with Crippen molar-refractivity contribution in [2.75, 3.05) is 20.1 Å². The van der Waals surface area contributed by atoms with Crippen LogP contribution >= 0.6 is 0 Å². The Morgan fingerprint density at radius 1 is 1.31 bits per heavy atom. The van der Waals surface area contributed by atoms with Crippen molar-refractivity contribution in [3.05, 3.63) is 0 Å². The average Bonchev–Trinajstić information content (AvgIpc) is 2.25. The molecule has 1 amide bonds. The molecule has 3 heteroatoms. The van der Waals surface area contributed by atoms with Gasteiger partial charge in [-0.1, -0.05) is 27.7 Å². The summed E-state index contributed by atoms with van der Waals surface area (Å²) in [5.41, 5.74) is 5.32. The standard InChI is InChI=1S/C13H28N2O/c1-6-13(7-2,10-11(3)4)12(16)15(5)9-8-14/h11H,6-10,14H2,1-5H3. The Hall–Kier alpha value is -0.570. The molecule has 0 aliphatic heterocycles. The molecule has 3 nitrogen and oxygen atoms in total. The summed E-state index contributed by atoms with van der Waals surface area (Å²) in [7, 11) is 1.86. The molecule has 0 fully saturated rings. The van der Waals surface area contributed by atoms with Crippen molar-refractivity contribution < 1.29 is 4.79 Å². The van der Waals surface area contributed by atoms with Gasteiger partial charge >= 0.3 is 0 Å². The van der Waals surface area contributed by atoms with Crippen molar-refractivity contribution in [2.24, 2.45) is 17.1 Å². The van der Waals surface area contributed by atoms with Crippen molar-refractivity contribution in [2.45, 2.75) is 47.0 Å². The lowest BCUT2D eigenvalue weighted by atomic mass is 9.74. The van der Waals surface area contributed by atoms with E-state index in [4.69, 9.17) is 5.73 Å². The summed E-state index contributed by atoms with van der Waals surface area (Å²) in [6, 6.07) is 0. The van der Waals surface area contributed by atoms with Gasteiger partial charge in [0.15, 0.2) is 0 Å². The third-order valence-electron chi connectivity index (χ3n) is 3.42. The van der Waals surface area contributed by atoms with E-state index in [9.17, 15) is 4.79 Å². The summed E-state index contributed by atoms with van der Waals surface area (Å²) < 4.78 is 0. The molecule has 0 spiro atoms. The maximum Gasteiger partial charge on any atom is 0.228 e. The second kappa shape index (κ2) is 6.89. The Labute approximate surface area is 100 Å². The largest absolute Gasteiger partial charge is 0.344 e. The van der Waals surface area contributed by atoms with Crippen molar-refractivity contribution >= 4 is 5.91 Å². The van der Waals surface area contributed by atoms with Crippen LogP contribution in [0.1, 0.15) is 47.0 Å². The van der Waals surface area contributed by atoms with Gasteiger partial charge in [0.1, 0.15) is 0 Å². The molecule has 0 bridgehead atoms. The van der Waals surface area contributed by atoms with Gasteiger partial charge in [-0.05, 0) is 25.2 Å². The molecule has 0 aromatic heterocycles. The van der Waals surface area contributed by atoms with E-state index in [2.05, 4.69) is 27.7 Å². The van der Waals surface area contributed by atoms with E-state index in [0.29, 0.717) is 19.0 Å². The van der Waals surface area contributed by atoms with Gasteiger partial charge < -0.3 is 10.6 Å². The SMILES string of the molecule is CCC(CC)(CC(C)C)C(=O)N(C)CCN. The molecule has 96 valence electrons. The fraction of sp³-hybridized carbons (Fsp3) is 0.923. The normalized spacial score (nSPS) is 11.9. The number of amides is 1. The maximum atomic E-state index is 12.4. The fourth-order valence-electron chi connectivity index (χ4n) is 2.41. The molecule has 0 heterocycles. The molecule has 16 heavy (non-hydrogen) atoms. The Morgan fingerprint density at radius 3 is 2.12 bits per heavy atom. The molecule has 2 N–H and O–H groups in total. The van der Waals surface area contributed by atoms with Gasteiger partial charge in [-0.15, -0.1) is 0 Å². The minimum atomic E-state index is -0.182. The van der Waals surface area contributed by atoms with Crippen molar-refractivity contribution in [3.63, 3.8) is 0 Å². The third-order valence-corrected chi connectivity index (χ3v) is 3.42. The number of nitrogens with two attached hydrogens (primary N) is 1. The molecule has 0 rings (SSSR count). The number of hydrogen-bond donors (Lipinski definition) is 1. The van der Waals surface area contributed by atoms with Gasteiger partial charge in [-0.2, -0.15) is 0 Å². The Bertz CT molecular complexity index is 210. The van der Waals surface area contributed by atoms with Gasteiger partial charge in [-0.3, -0.25) is 4.79 Å². The van der Waals surface area contributed by atoms with E-state index < -0.39 is 0 Å². The maximum absolute atomic E-state index is 12.4. The topological polar surface area (TPSA) is 46.3 Å². The van der Waals surface area contributed by atoms with Crippen LogP contribution in [-0.2, 0) is 4.79 Å².